The molecule has 100 valence electrons. The first-order chi connectivity index (χ1) is 9.79. The fourth-order valence-corrected chi connectivity index (χ4v) is 2.84. The fraction of sp³-hybridized carbons (Fsp3) is 0.235. The lowest BCUT2D eigenvalue weighted by Gasteiger charge is -2.23. The van der Waals surface area contributed by atoms with Gasteiger partial charge in [0.15, 0.2) is 0 Å². The Morgan fingerprint density at radius 1 is 1.20 bits per heavy atom. The van der Waals surface area contributed by atoms with Gasteiger partial charge in [-0.25, -0.2) is 4.98 Å². The molecular formula is C17H16N2O. The highest BCUT2D eigenvalue weighted by Crippen LogP contribution is 2.31. The van der Waals surface area contributed by atoms with Crippen LogP contribution in [0.25, 0.3) is 11.0 Å². The Morgan fingerprint density at radius 3 is 3.05 bits per heavy atom. The van der Waals surface area contributed by atoms with Gasteiger partial charge in [-0.05, 0) is 42.7 Å². The van der Waals surface area contributed by atoms with E-state index in [-0.39, 0.29) is 0 Å². The monoisotopic (exact) mass is 264 g/mol. The number of hydrogen-bond donors (Lipinski definition) is 1. The van der Waals surface area contributed by atoms with Crippen molar-refractivity contribution in [2.24, 2.45) is 0 Å². The van der Waals surface area contributed by atoms with Gasteiger partial charge in [-0.2, -0.15) is 0 Å². The molecule has 0 saturated carbocycles. The van der Waals surface area contributed by atoms with E-state index in [1.165, 1.54) is 11.1 Å². The zero-order valence-electron chi connectivity index (χ0n) is 11.4. The Morgan fingerprint density at radius 2 is 2.10 bits per heavy atom. The second kappa shape index (κ2) is 4.37. The Bertz CT molecular complexity index is 776. The minimum absolute atomic E-state index is 0.303. The van der Waals surface area contributed by atoms with Crippen LogP contribution >= 0.6 is 0 Å². The van der Waals surface area contributed by atoms with Gasteiger partial charge in [0.2, 0.25) is 0 Å². The molecule has 20 heavy (non-hydrogen) atoms. The first kappa shape index (κ1) is 11.5. The van der Waals surface area contributed by atoms with Crippen molar-refractivity contribution in [2.75, 3.05) is 6.61 Å². The molecule has 0 radical (unpaired) electrons. The Labute approximate surface area is 117 Å². The second-order valence-corrected chi connectivity index (χ2v) is 5.46. The Balaban J connectivity index is 1.70. The lowest BCUT2D eigenvalue weighted by Crippen LogP contribution is -2.20. The van der Waals surface area contributed by atoms with E-state index in [4.69, 9.17) is 9.72 Å². The molecule has 0 spiro atoms. The van der Waals surface area contributed by atoms with Crippen molar-refractivity contribution in [3.8, 4) is 5.75 Å². The summed E-state index contributed by atoms with van der Waals surface area (Å²) in [5.41, 5.74) is 4.65. The van der Waals surface area contributed by atoms with E-state index in [2.05, 4.69) is 42.2 Å². The molecule has 1 atom stereocenters. The van der Waals surface area contributed by atoms with Crippen LogP contribution in [0.5, 0.6) is 5.75 Å². The summed E-state index contributed by atoms with van der Waals surface area (Å²) in [5.74, 6) is 2.34. The molecule has 1 unspecified atom stereocenters. The zero-order valence-corrected chi connectivity index (χ0v) is 11.4. The number of rotatable bonds is 1. The van der Waals surface area contributed by atoms with Gasteiger partial charge in [-0.1, -0.05) is 24.3 Å². The summed E-state index contributed by atoms with van der Waals surface area (Å²) in [5, 5.41) is 0. The first-order valence-electron chi connectivity index (χ1n) is 6.96. The summed E-state index contributed by atoms with van der Waals surface area (Å²) in [6, 6.07) is 14.6. The zero-order chi connectivity index (χ0) is 13.5. The lowest BCUT2D eigenvalue weighted by molar-refractivity contribution is 0.258. The van der Waals surface area contributed by atoms with Crippen LogP contribution in [0.15, 0.2) is 42.5 Å². The number of fused-ring (bicyclic) bond motifs is 2. The number of ether oxygens (including phenoxy) is 1. The van der Waals surface area contributed by atoms with Gasteiger partial charge in [-0.3, -0.25) is 0 Å². The van der Waals surface area contributed by atoms with Crippen molar-refractivity contribution >= 4 is 11.0 Å². The molecular weight excluding hydrogens is 248 g/mol. The molecule has 0 amide bonds. The first-order valence-corrected chi connectivity index (χ1v) is 6.96. The van der Waals surface area contributed by atoms with E-state index in [1.54, 1.807) is 0 Å². The van der Waals surface area contributed by atoms with Crippen molar-refractivity contribution in [2.45, 2.75) is 19.3 Å². The van der Waals surface area contributed by atoms with Crippen molar-refractivity contribution in [1.82, 2.24) is 9.97 Å². The number of imidazole rings is 1. The largest absolute Gasteiger partial charge is 0.493 e. The van der Waals surface area contributed by atoms with E-state index in [1.807, 2.05) is 12.1 Å². The second-order valence-electron chi connectivity index (χ2n) is 5.46. The quantitative estimate of drug-likeness (QED) is 0.729. The number of aromatic nitrogens is 2. The Hall–Kier alpha value is -2.29. The third kappa shape index (κ3) is 1.86. The van der Waals surface area contributed by atoms with Gasteiger partial charge in [-0.15, -0.1) is 0 Å². The van der Waals surface area contributed by atoms with Gasteiger partial charge in [0.05, 0.1) is 23.6 Å². The molecule has 1 aliphatic heterocycles. The lowest BCUT2D eigenvalue weighted by atomic mass is 9.96. The van der Waals surface area contributed by atoms with Crippen LogP contribution < -0.4 is 4.74 Å². The van der Waals surface area contributed by atoms with Gasteiger partial charge in [0, 0.05) is 0 Å². The molecule has 2 heterocycles. The van der Waals surface area contributed by atoms with Crippen LogP contribution in [0.4, 0.5) is 0 Å². The number of nitrogens with one attached hydrogen (secondary N) is 1. The number of hydrogen-bond acceptors (Lipinski definition) is 2. The number of para-hydroxylation sites is 1. The predicted molar refractivity (Wildman–Crippen MR) is 79.2 cm³/mol. The number of nitrogens with zero attached hydrogens (tertiary/aromatic N) is 1. The summed E-state index contributed by atoms with van der Waals surface area (Å²) in [7, 11) is 0. The van der Waals surface area contributed by atoms with Gasteiger partial charge >= 0.3 is 0 Å². The standard InChI is InChI=1S/C17H16N2O/c1-11-6-7-14-15(8-11)19-17(18-14)13-9-12-4-2-3-5-16(12)20-10-13/h2-8,13H,9-10H2,1H3,(H,18,19). The van der Waals surface area contributed by atoms with E-state index in [9.17, 15) is 0 Å². The van der Waals surface area contributed by atoms with Crippen LogP contribution in [0.3, 0.4) is 0 Å². The van der Waals surface area contributed by atoms with Crippen LogP contribution in [0.1, 0.15) is 22.9 Å². The summed E-state index contributed by atoms with van der Waals surface area (Å²) in [6.45, 7) is 2.79. The molecule has 2 aromatic carbocycles. The van der Waals surface area contributed by atoms with Crippen molar-refractivity contribution in [3.63, 3.8) is 0 Å². The molecule has 3 nitrogen and oxygen atoms in total. The maximum atomic E-state index is 5.85. The number of benzene rings is 2. The normalized spacial score (nSPS) is 17.8. The van der Waals surface area contributed by atoms with E-state index < -0.39 is 0 Å². The van der Waals surface area contributed by atoms with Crippen molar-refractivity contribution in [3.05, 3.63) is 59.4 Å². The molecule has 0 aliphatic carbocycles. The maximum absolute atomic E-state index is 5.85. The molecule has 3 aromatic rings. The highest BCUT2D eigenvalue weighted by molar-refractivity contribution is 5.75. The smallest absolute Gasteiger partial charge is 0.122 e. The summed E-state index contributed by atoms with van der Waals surface area (Å²) in [6.07, 6.45) is 0.981. The van der Waals surface area contributed by atoms with Crippen molar-refractivity contribution < 1.29 is 4.74 Å². The van der Waals surface area contributed by atoms with Crippen molar-refractivity contribution in [1.29, 1.82) is 0 Å². The van der Waals surface area contributed by atoms with E-state index in [0.717, 1.165) is 29.0 Å². The van der Waals surface area contributed by atoms with Gasteiger partial charge in [0.25, 0.3) is 0 Å². The van der Waals surface area contributed by atoms with Crippen LogP contribution in [-0.2, 0) is 6.42 Å². The third-order valence-electron chi connectivity index (χ3n) is 3.92. The van der Waals surface area contributed by atoms with Crippen LogP contribution in [-0.4, -0.2) is 16.6 Å². The highest BCUT2D eigenvalue weighted by Gasteiger charge is 2.23. The molecule has 0 fully saturated rings. The summed E-state index contributed by atoms with van der Waals surface area (Å²) >= 11 is 0. The molecule has 1 N–H and O–H groups in total. The van der Waals surface area contributed by atoms with Crippen LogP contribution in [0, 0.1) is 6.92 Å². The maximum Gasteiger partial charge on any atom is 0.122 e. The molecule has 1 aliphatic rings. The molecule has 3 heteroatoms. The van der Waals surface area contributed by atoms with Gasteiger partial charge < -0.3 is 9.72 Å². The summed E-state index contributed by atoms with van der Waals surface area (Å²) < 4.78 is 5.85. The van der Waals surface area contributed by atoms with Crippen LogP contribution in [0.2, 0.25) is 0 Å². The minimum atomic E-state index is 0.303. The number of H-pyrrole nitrogens is 1. The molecule has 4 rings (SSSR count). The average molecular weight is 264 g/mol. The molecule has 0 bridgehead atoms. The van der Waals surface area contributed by atoms with Gasteiger partial charge in [0.1, 0.15) is 11.6 Å². The average Bonchev–Trinajstić information content (AvgIpc) is 2.89. The molecule has 1 aromatic heterocycles. The van der Waals surface area contributed by atoms with E-state index >= 15 is 0 Å². The highest BCUT2D eigenvalue weighted by atomic mass is 16.5. The minimum Gasteiger partial charge on any atom is -0.493 e. The SMILES string of the molecule is Cc1ccc2nc(C3COc4ccccc4C3)[nH]c2c1. The predicted octanol–water partition coefficient (Wildman–Crippen LogP) is 3.59. The van der Waals surface area contributed by atoms with E-state index in [0.29, 0.717) is 12.5 Å². The third-order valence-corrected chi connectivity index (χ3v) is 3.92. The fourth-order valence-electron chi connectivity index (χ4n) is 2.84. The topological polar surface area (TPSA) is 37.9 Å². The Kier molecular flexibility index (Phi) is 2.52. The molecule has 0 saturated heterocycles. The summed E-state index contributed by atoms with van der Waals surface area (Å²) in [4.78, 5) is 8.16. The number of aromatic amines is 1. The number of aryl methyl sites for hydroxylation is 1.